The van der Waals surface area contributed by atoms with Crippen molar-refractivity contribution >= 4 is 44.3 Å². The minimum absolute atomic E-state index is 0.132. The van der Waals surface area contributed by atoms with Crippen LogP contribution in [0.5, 0.6) is 5.75 Å². The van der Waals surface area contributed by atoms with Crippen molar-refractivity contribution in [3.8, 4) is 5.75 Å². The van der Waals surface area contributed by atoms with E-state index in [1.54, 1.807) is 18.2 Å². The number of ether oxygens (including phenoxy) is 1. The highest BCUT2D eigenvalue weighted by Crippen LogP contribution is 2.26. The normalized spacial score (nSPS) is 11.3. The van der Waals surface area contributed by atoms with Crippen LogP contribution in [0.2, 0.25) is 0 Å². The molecule has 2 aromatic rings. The molecule has 7 heteroatoms. The third kappa shape index (κ3) is 4.44. The molecule has 0 aromatic heterocycles. The van der Waals surface area contributed by atoms with E-state index in [9.17, 15) is 18.0 Å². The largest absolute Gasteiger partial charge is 0.573 e. The van der Waals surface area contributed by atoms with Gasteiger partial charge in [0.25, 0.3) is 0 Å². The lowest BCUT2D eigenvalue weighted by molar-refractivity contribution is -0.274. The molecular formula is C14H7BrF3IO2. The van der Waals surface area contributed by atoms with Gasteiger partial charge in [-0.2, -0.15) is 0 Å². The molecule has 0 unspecified atom stereocenters. The molecule has 0 radical (unpaired) electrons. The maximum Gasteiger partial charge on any atom is 0.573 e. The Kier molecular flexibility index (Phi) is 4.92. The van der Waals surface area contributed by atoms with E-state index in [0.717, 1.165) is 12.1 Å². The maximum absolute atomic E-state index is 12.4. The van der Waals surface area contributed by atoms with Crippen LogP contribution in [-0.4, -0.2) is 12.1 Å². The van der Waals surface area contributed by atoms with Gasteiger partial charge in [0.1, 0.15) is 5.75 Å². The van der Waals surface area contributed by atoms with Crippen molar-refractivity contribution < 1.29 is 22.7 Å². The van der Waals surface area contributed by atoms with Crippen LogP contribution in [0.25, 0.3) is 0 Å². The predicted octanol–water partition coefficient (Wildman–Crippen LogP) is 5.18. The number of ketones is 1. The zero-order valence-electron chi connectivity index (χ0n) is 10.2. The number of alkyl halides is 3. The third-order valence-corrected chi connectivity index (χ3v) is 3.94. The second kappa shape index (κ2) is 6.35. The lowest BCUT2D eigenvalue weighted by atomic mass is 10.0. The quantitative estimate of drug-likeness (QED) is 0.456. The molecular weight excluding hydrogens is 464 g/mol. The van der Waals surface area contributed by atoms with E-state index in [1.807, 2.05) is 22.6 Å². The Balaban J connectivity index is 2.35. The van der Waals surface area contributed by atoms with E-state index < -0.39 is 12.1 Å². The average molecular weight is 471 g/mol. The Morgan fingerprint density at radius 1 is 1.14 bits per heavy atom. The summed E-state index contributed by atoms with van der Waals surface area (Å²) < 4.78 is 41.8. The first kappa shape index (κ1) is 16.3. The summed E-state index contributed by atoms with van der Waals surface area (Å²) in [6.07, 6.45) is -4.79. The summed E-state index contributed by atoms with van der Waals surface area (Å²) in [6.45, 7) is 0. The summed E-state index contributed by atoms with van der Waals surface area (Å²) >= 11 is 5.26. The lowest BCUT2D eigenvalue weighted by Crippen LogP contribution is -2.17. The monoisotopic (exact) mass is 470 g/mol. The summed E-state index contributed by atoms with van der Waals surface area (Å²) in [5.74, 6) is -0.785. The fraction of sp³-hybridized carbons (Fsp3) is 0.0714. The van der Waals surface area contributed by atoms with Gasteiger partial charge in [0.2, 0.25) is 0 Å². The Labute approximate surface area is 140 Å². The molecule has 0 fully saturated rings. The molecule has 21 heavy (non-hydrogen) atoms. The molecule has 0 saturated heterocycles. The Morgan fingerprint density at radius 2 is 1.86 bits per heavy atom. The minimum Gasteiger partial charge on any atom is -0.406 e. The summed E-state index contributed by atoms with van der Waals surface area (Å²) in [4.78, 5) is 12.4. The highest BCUT2D eigenvalue weighted by molar-refractivity contribution is 14.1. The second-order valence-corrected chi connectivity index (χ2v) is 6.11. The molecule has 0 N–H and O–H groups in total. The molecule has 0 bridgehead atoms. The average Bonchev–Trinajstić information content (AvgIpc) is 2.39. The number of rotatable bonds is 3. The molecule has 0 spiro atoms. The van der Waals surface area contributed by atoms with E-state index in [4.69, 9.17) is 0 Å². The van der Waals surface area contributed by atoms with Crippen molar-refractivity contribution in [2.45, 2.75) is 6.36 Å². The van der Waals surface area contributed by atoms with E-state index in [2.05, 4.69) is 20.7 Å². The molecule has 2 rings (SSSR count). The Bertz CT molecular complexity index is 686. The van der Waals surface area contributed by atoms with Crippen LogP contribution in [0.1, 0.15) is 15.9 Å². The van der Waals surface area contributed by atoms with Gasteiger partial charge in [-0.3, -0.25) is 4.79 Å². The van der Waals surface area contributed by atoms with Crippen LogP contribution in [0.15, 0.2) is 46.9 Å². The van der Waals surface area contributed by atoms with Gasteiger partial charge in [0.15, 0.2) is 5.78 Å². The van der Waals surface area contributed by atoms with Crippen LogP contribution in [-0.2, 0) is 0 Å². The van der Waals surface area contributed by atoms with Gasteiger partial charge >= 0.3 is 6.36 Å². The van der Waals surface area contributed by atoms with Gasteiger partial charge in [-0.1, -0.05) is 28.1 Å². The summed E-state index contributed by atoms with van der Waals surface area (Å²) in [6, 6.07) is 10.2. The number of benzene rings is 2. The summed E-state index contributed by atoms with van der Waals surface area (Å²) in [7, 11) is 0. The van der Waals surface area contributed by atoms with Gasteiger partial charge in [0.05, 0.1) is 0 Å². The number of carbonyl (C=O) groups is 1. The highest BCUT2D eigenvalue weighted by Gasteiger charge is 2.31. The van der Waals surface area contributed by atoms with Crippen molar-refractivity contribution in [2.24, 2.45) is 0 Å². The zero-order valence-corrected chi connectivity index (χ0v) is 14.0. The first-order valence-electron chi connectivity index (χ1n) is 5.62. The van der Waals surface area contributed by atoms with Crippen molar-refractivity contribution in [3.63, 3.8) is 0 Å². The fourth-order valence-electron chi connectivity index (χ4n) is 1.66. The molecule has 0 aliphatic carbocycles. The predicted molar refractivity (Wildman–Crippen MR) is 83.4 cm³/mol. The van der Waals surface area contributed by atoms with Gasteiger partial charge in [-0.15, -0.1) is 13.2 Å². The molecule has 0 atom stereocenters. The van der Waals surface area contributed by atoms with E-state index >= 15 is 0 Å². The SMILES string of the molecule is O=C(c1cccc(OC(F)(F)F)c1)c1cc(Br)ccc1I. The van der Waals surface area contributed by atoms with Crippen molar-refractivity contribution in [1.82, 2.24) is 0 Å². The highest BCUT2D eigenvalue weighted by atomic mass is 127. The smallest absolute Gasteiger partial charge is 0.406 e. The zero-order chi connectivity index (χ0) is 15.6. The van der Waals surface area contributed by atoms with Crippen LogP contribution in [0.3, 0.4) is 0 Å². The first-order valence-corrected chi connectivity index (χ1v) is 7.49. The second-order valence-electron chi connectivity index (χ2n) is 4.03. The van der Waals surface area contributed by atoms with Crippen molar-refractivity contribution in [3.05, 3.63) is 61.6 Å². The molecule has 0 aliphatic heterocycles. The van der Waals surface area contributed by atoms with Gasteiger partial charge in [0, 0.05) is 19.2 Å². The van der Waals surface area contributed by atoms with Crippen LogP contribution in [0.4, 0.5) is 13.2 Å². The molecule has 2 aromatic carbocycles. The number of hydrogen-bond acceptors (Lipinski definition) is 2. The first-order chi connectivity index (χ1) is 9.76. The van der Waals surface area contributed by atoms with Crippen LogP contribution < -0.4 is 4.74 Å². The van der Waals surface area contributed by atoms with Gasteiger partial charge in [-0.05, 0) is 52.9 Å². The minimum atomic E-state index is -4.79. The van der Waals surface area contributed by atoms with E-state index in [1.165, 1.54) is 12.1 Å². The van der Waals surface area contributed by atoms with E-state index in [0.29, 0.717) is 13.6 Å². The molecule has 110 valence electrons. The molecule has 0 aliphatic rings. The van der Waals surface area contributed by atoms with Crippen LogP contribution >= 0.6 is 38.5 Å². The summed E-state index contributed by atoms with van der Waals surface area (Å²) in [5.41, 5.74) is 0.543. The van der Waals surface area contributed by atoms with Crippen molar-refractivity contribution in [1.29, 1.82) is 0 Å². The maximum atomic E-state index is 12.4. The fourth-order valence-corrected chi connectivity index (χ4v) is 2.60. The number of carbonyl (C=O) groups excluding carboxylic acids is 1. The standard InChI is InChI=1S/C14H7BrF3IO2/c15-9-4-5-12(19)11(7-9)13(20)8-2-1-3-10(6-8)21-14(16,17)18/h1-7H. The lowest BCUT2D eigenvalue weighted by Gasteiger charge is -2.10. The molecule has 2 nitrogen and oxygen atoms in total. The molecule has 0 amide bonds. The molecule has 0 saturated carbocycles. The van der Waals surface area contributed by atoms with E-state index in [-0.39, 0.29) is 11.3 Å². The topological polar surface area (TPSA) is 26.3 Å². The summed E-state index contributed by atoms with van der Waals surface area (Å²) in [5, 5.41) is 0. The third-order valence-electron chi connectivity index (χ3n) is 2.50. The Hall–Kier alpha value is -1.09. The molecule has 0 heterocycles. The van der Waals surface area contributed by atoms with Gasteiger partial charge in [-0.25, -0.2) is 0 Å². The Morgan fingerprint density at radius 3 is 2.52 bits per heavy atom. The van der Waals surface area contributed by atoms with Crippen LogP contribution in [0, 0.1) is 3.57 Å². The van der Waals surface area contributed by atoms with Crippen molar-refractivity contribution in [2.75, 3.05) is 0 Å². The number of halogens is 5. The van der Waals surface area contributed by atoms with Gasteiger partial charge < -0.3 is 4.74 Å². The number of hydrogen-bond donors (Lipinski definition) is 0.